The van der Waals surface area contributed by atoms with Gasteiger partial charge in [-0.15, -0.1) is 0 Å². The number of ether oxygens (including phenoxy) is 1. The molecule has 1 aliphatic heterocycles. The average Bonchev–Trinajstić information content (AvgIpc) is 2.50. The van der Waals surface area contributed by atoms with Crippen LogP contribution in [0.1, 0.15) is 58.3 Å². The number of rotatable bonds is 7. The van der Waals surface area contributed by atoms with Crippen molar-refractivity contribution in [1.82, 2.24) is 10.6 Å². The fourth-order valence-corrected chi connectivity index (χ4v) is 3.40. The first-order valence-corrected chi connectivity index (χ1v) is 8.83. The van der Waals surface area contributed by atoms with E-state index in [4.69, 9.17) is 4.74 Å². The maximum Gasteiger partial charge on any atom is 0.222 e. The van der Waals surface area contributed by atoms with E-state index in [2.05, 4.69) is 17.6 Å². The van der Waals surface area contributed by atoms with Crippen LogP contribution in [-0.2, 0) is 9.53 Å². The van der Waals surface area contributed by atoms with Crippen molar-refractivity contribution in [2.75, 3.05) is 26.2 Å². The minimum absolute atomic E-state index is 0.146. The summed E-state index contributed by atoms with van der Waals surface area (Å²) in [6.07, 6.45) is 9.56. The van der Waals surface area contributed by atoms with E-state index < -0.39 is 0 Å². The summed E-state index contributed by atoms with van der Waals surface area (Å²) >= 11 is 0. The van der Waals surface area contributed by atoms with Crippen LogP contribution in [0.15, 0.2) is 0 Å². The summed E-state index contributed by atoms with van der Waals surface area (Å²) < 4.78 is 5.76. The van der Waals surface area contributed by atoms with Crippen LogP contribution in [0.3, 0.4) is 0 Å². The van der Waals surface area contributed by atoms with Crippen molar-refractivity contribution < 1.29 is 9.53 Å². The highest BCUT2D eigenvalue weighted by Crippen LogP contribution is 2.29. The second-order valence-corrected chi connectivity index (χ2v) is 6.83. The van der Waals surface area contributed by atoms with Gasteiger partial charge in [-0.3, -0.25) is 4.79 Å². The standard InChI is InChI=1S/C17H32N2O2/c1-14-2-4-15(5-3-14)6-12-19-17(20)9-13-21-16-7-10-18-11-8-16/h14-16,18H,2-13H2,1H3,(H,19,20). The molecule has 0 aromatic carbocycles. The smallest absolute Gasteiger partial charge is 0.222 e. The minimum Gasteiger partial charge on any atom is -0.378 e. The quantitative estimate of drug-likeness (QED) is 0.759. The normalized spacial score (nSPS) is 27.5. The summed E-state index contributed by atoms with van der Waals surface area (Å²) in [5.74, 6) is 1.88. The third kappa shape index (κ3) is 6.79. The van der Waals surface area contributed by atoms with Crippen LogP contribution < -0.4 is 10.6 Å². The van der Waals surface area contributed by atoms with Gasteiger partial charge < -0.3 is 15.4 Å². The molecule has 0 aromatic heterocycles. The summed E-state index contributed by atoms with van der Waals surface area (Å²) in [4.78, 5) is 11.8. The molecular formula is C17H32N2O2. The van der Waals surface area contributed by atoms with Gasteiger partial charge in [0, 0.05) is 13.0 Å². The van der Waals surface area contributed by atoms with Gasteiger partial charge in [-0.05, 0) is 44.2 Å². The Morgan fingerprint density at radius 1 is 1.14 bits per heavy atom. The van der Waals surface area contributed by atoms with E-state index in [9.17, 15) is 4.79 Å². The van der Waals surface area contributed by atoms with Crippen molar-refractivity contribution in [2.45, 2.75) is 64.4 Å². The molecule has 0 atom stereocenters. The third-order valence-electron chi connectivity index (χ3n) is 4.98. The molecule has 1 amide bonds. The molecule has 122 valence electrons. The minimum atomic E-state index is 0.146. The lowest BCUT2D eigenvalue weighted by atomic mass is 9.81. The number of piperidine rings is 1. The van der Waals surface area contributed by atoms with Gasteiger partial charge in [0.05, 0.1) is 12.7 Å². The van der Waals surface area contributed by atoms with E-state index in [1.165, 1.54) is 25.7 Å². The van der Waals surface area contributed by atoms with Crippen molar-refractivity contribution in [3.63, 3.8) is 0 Å². The summed E-state index contributed by atoms with van der Waals surface area (Å²) in [7, 11) is 0. The van der Waals surface area contributed by atoms with E-state index in [0.29, 0.717) is 19.1 Å². The Bertz CT molecular complexity index is 295. The number of amides is 1. The van der Waals surface area contributed by atoms with Crippen LogP contribution in [0.2, 0.25) is 0 Å². The highest BCUT2D eigenvalue weighted by atomic mass is 16.5. The highest BCUT2D eigenvalue weighted by Gasteiger charge is 2.18. The van der Waals surface area contributed by atoms with Gasteiger partial charge in [0.2, 0.25) is 5.91 Å². The van der Waals surface area contributed by atoms with Crippen LogP contribution in [0.25, 0.3) is 0 Å². The Balaban J connectivity index is 1.45. The Hall–Kier alpha value is -0.610. The average molecular weight is 296 g/mol. The molecule has 2 N–H and O–H groups in total. The van der Waals surface area contributed by atoms with Crippen molar-refractivity contribution >= 4 is 5.91 Å². The predicted molar refractivity (Wildman–Crippen MR) is 85.2 cm³/mol. The van der Waals surface area contributed by atoms with Crippen LogP contribution >= 0.6 is 0 Å². The van der Waals surface area contributed by atoms with E-state index in [0.717, 1.165) is 50.7 Å². The lowest BCUT2D eigenvalue weighted by molar-refractivity contribution is -0.122. The molecule has 0 aromatic rings. The number of hydrogen-bond donors (Lipinski definition) is 2. The molecule has 2 rings (SSSR count). The molecule has 2 fully saturated rings. The topological polar surface area (TPSA) is 50.4 Å². The lowest BCUT2D eigenvalue weighted by Gasteiger charge is -2.26. The molecule has 1 heterocycles. The van der Waals surface area contributed by atoms with Crippen LogP contribution in [0, 0.1) is 11.8 Å². The first-order chi connectivity index (χ1) is 10.2. The molecule has 0 unspecified atom stereocenters. The van der Waals surface area contributed by atoms with Gasteiger partial charge in [0.1, 0.15) is 0 Å². The van der Waals surface area contributed by atoms with Crippen molar-refractivity contribution in [2.24, 2.45) is 11.8 Å². The van der Waals surface area contributed by atoms with Crippen LogP contribution in [0.4, 0.5) is 0 Å². The summed E-state index contributed by atoms with van der Waals surface area (Å²) in [6.45, 7) is 5.83. The zero-order valence-corrected chi connectivity index (χ0v) is 13.5. The van der Waals surface area contributed by atoms with Gasteiger partial charge in [-0.1, -0.05) is 32.6 Å². The molecule has 4 nitrogen and oxygen atoms in total. The van der Waals surface area contributed by atoms with Gasteiger partial charge in [0.15, 0.2) is 0 Å². The second kappa shape index (κ2) is 9.42. The molecule has 0 spiro atoms. The van der Waals surface area contributed by atoms with Gasteiger partial charge in [-0.2, -0.15) is 0 Å². The SMILES string of the molecule is CC1CCC(CCNC(=O)CCOC2CCNCC2)CC1. The molecule has 21 heavy (non-hydrogen) atoms. The van der Waals surface area contributed by atoms with Crippen LogP contribution in [-0.4, -0.2) is 38.3 Å². The van der Waals surface area contributed by atoms with Crippen molar-refractivity contribution in [1.29, 1.82) is 0 Å². The summed E-state index contributed by atoms with van der Waals surface area (Å²) in [6, 6.07) is 0. The van der Waals surface area contributed by atoms with Gasteiger partial charge >= 0.3 is 0 Å². The van der Waals surface area contributed by atoms with Crippen LogP contribution in [0.5, 0.6) is 0 Å². The predicted octanol–water partition coefficient (Wildman–Crippen LogP) is 2.48. The monoisotopic (exact) mass is 296 g/mol. The van der Waals surface area contributed by atoms with Crippen molar-refractivity contribution in [3.05, 3.63) is 0 Å². The number of hydrogen-bond acceptors (Lipinski definition) is 3. The fraction of sp³-hybridized carbons (Fsp3) is 0.941. The van der Waals surface area contributed by atoms with Gasteiger partial charge in [0.25, 0.3) is 0 Å². The maximum atomic E-state index is 11.8. The zero-order valence-electron chi connectivity index (χ0n) is 13.5. The van der Waals surface area contributed by atoms with E-state index in [1.807, 2.05) is 0 Å². The Morgan fingerprint density at radius 3 is 2.57 bits per heavy atom. The number of carbonyl (C=O) groups is 1. The Labute approximate surface area is 129 Å². The molecule has 0 radical (unpaired) electrons. The highest BCUT2D eigenvalue weighted by molar-refractivity contribution is 5.75. The summed E-state index contributed by atoms with van der Waals surface area (Å²) in [5, 5.41) is 6.36. The third-order valence-corrected chi connectivity index (χ3v) is 4.98. The molecule has 0 bridgehead atoms. The molecule has 1 saturated carbocycles. The largest absolute Gasteiger partial charge is 0.378 e. The first kappa shape index (κ1) is 16.8. The first-order valence-electron chi connectivity index (χ1n) is 8.83. The van der Waals surface area contributed by atoms with Gasteiger partial charge in [-0.25, -0.2) is 0 Å². The van der Waals surface area contributed by atoms with E-state index in [-0.39, 0.29) is 5.91 Å². The Kier molecular flexibility index (Phi) is 7.51. The zero-order chi connectivity index (χ0) is 14.9. The molecule has 4 heteroatoms. The van der Waals surface area contributed by atoms with E-state index in [1.54, 1.807) is 0 Å². The number of nitrogens with one attached hydrogen (secondary N) is 2. The Morgan fingerprint density at radius 2 is 1.86 bits per heavy atom. The lowest BCUT2D eigenvalue weighted by Crippen LogP contribution is -2.33. The van der Waals surface area contributed by atoms with E-state index >= 15 is 0 Å². The second-order valence-electron chi connectivity index (χ2n) is 6.83. The number of carbonyl (C=O) groups excluding carboxylic acids is 1. The molecular weight excluding hydrogens is 264 g/mol. The fourth-order valence-electron chi connectivity index (χ4n) is 3.40. The maximum absolute atomic E-state index is 11.8. The molecule has 2 aliphatic rings. The molecule has 1 aliphatic carbocycles. The van der Waals surface area contributed by atoms with Crippen molar-refractivity contribution in [3.8, 4) is 0 Å². The molecule has 1 saturated heterocycles. The summed E-state index contributed by atoms with van der Waals surface area (Å²) in [5.41, 5.74) is 0.